The second-order valence-electron chi connectivity index (χ2n) is 6.40. The lowest BCUT2D eigenvalue weighted by Gasteiger charge is -2.14. The lowest BCUT2D eigenvalue weighted by Crippen LogP contribution is -2.19. The molecule has 1 fully saturated rings. The summed E-state index contributed by atoms with van der Waals surface area (Å²) >= 11 is 0. The van der Waals surface area contributed by atoms with Gasteiger partial charge in [-0.15, -0.1) is 0 Å². The number of nitrogens with one attached hydrogen (secondary N) is 2. The number of hydrogen-bond acceptors (Lipinski definition) is 5. The number of ketones is 1. The summed E-state index contributed by atoms with van der Waals surface area (Å²) in [6.07, 6.45) is 4.70. The van der Waals surface area contributed by atoms with Crippen molar-refractivity contribution < 1.29 is 9.59 Å². The van der Waals surface area contributed by atoms with Gasteiger partial charge >= 0.3 is 0 Å². The summed E-state index contributed by atoms with van der Waals surface area (Å²) in [5, 5.41) is 6.18. The van der Waals surface area contributed by atoms with Crippen molar-refractivity contribution in [1.82, 2.24) is 9.97 Å². The number of nitrogens with zero attached hydrogens (tertiary/aromatic N) is 2. The predicted octanol–water partition coefficient (Wildman–Crippen LogP) is 3.59. The predicted molar refractivity (Wildman–Crippen MR) is 97.0 cm³/mol. The van der Waals surface area contributed by atoms with Crippen LogP contribution < -0.4 is 10.6 Å². The van der Waals surface area contributed by atoms with Crippen LogP contribution >= 0.6 is 0 Å². The van der Waals surface area contributed by atoms with Crippen LogP contribution in [0.25, 0.3) is 0 Å². The van der Waals surface area contributed by atoms with Crippen LogP contribution in [-0.4, -0.2) is 27.7 Å². The Balaban J connectivity index is 1.76. The fourth-order valence-electron chi connectivity index (χ4n) is 3.05. The molecule has 0 unspecified atom stereocenters. The van der Waals surface area contributed by atoms with E-state index in [1.165, 1.54) is 19.8 Å². The van der Waals surface area contributed by atoms with E-state index >= 15 is 0 Å². The number of Topliss-reactive ketones (excluding diaryl/α,β-unsaturated/α-hetero) is 1. The second-order valence-corrected chi connectivity index (χ2v) is 6.40. The fourth-order valence-corrected chi connectivity index (χ4v) is 3.05. The molecule has 0 bridgehead atoms. The summed E-state index contributed by atoms with van der Waals surface area (Å²) in [4.78, 5) is 32.6. The summed E-state index contributed by atoms with van der Waals surface area (Å²) < 4.78 is 0. The van der Waals surface area contributed by atoms with Crippen LogP contribution in [-0.2, 0) is 0 Å². The molecule has 1 heterocycles. The van der Waals surface area contributed by atoms with Gasteiger partial charge in [-0.2, -0.15) is 0 Å². The van der Waals surface area contributed by atoms with Crippen molar-refractivity contribution in [2.24, 2.45) is 0 Å². The Labute approximate surface area is 147 Å². The van der Waals surface area contributed by atoms with Gasteiger partial charge in [0.05, 0.1) is 0 Å². The first-order valence-corrected chi connectivity index (χ1v) is 8.56. The Kier molecular flexibility index (Phi) is 5.07. The molecule has 0 saturated heterocycles. The summed E-state index contributed by atoms with van der Waals surface area (Å²) in [7, 11) is 0. The fraction of sp³-hybridized carbons (Fsp3) is 0.368. The molecule has 1 amide bonds. The Morgan fingerprint density at radius 3 is 2.60 bits per heavy atom. The van der Waals surface area contributed by atoms with E-state index in [1.807, 2.05) is 0 Å². The summed E-state index contributed by atoms with van der Waals surface area (Å²) in [5.74, 6) is 0.866. The van der Waals surface area contributed by atoms with Crippen molar-refractivity contribution in [1.29, 1.82) is 0 Å². The normalized spacial score (nSPS) is 14.3. The van der Waals surface area contributed by atoms with Gasteiger partial charge in [0, 0.05) is 23.4 Å². The maximum atomic E-state index is 12.5. The number of carbonyl (C=O) groups is 2. The minimum absolute atomic E-state index is 0.0444. The second kappa shape index (κ2) is 7.42. The number of aryl methyl sites for hydroxylation is 1. The summed E-state index contributed by atoms with van der Waals surface area (Å²) in [5.41, 5.74) is 1.43. The van der Waals surface area contributed by atoms with Gasteiger partial charge in [0.1, 0.15) is 17.3 Å². The Morgan fingerprint density at radius 1 is 1.12 bits per heavy atom. The molecule has 1 aromatic heterocycles. The average molecular weight is 338 g/mol. The first kappa shape index (κ1) is 17.1. The first-order valence-electron chi connectivity index (χ1n) is 8.56. The Bertz CT molecular complexity index is 798. The van der Waals surface area contributed by atoms with Gasteiger partial charge < -0.3 is 10.6 Å². The molecule has 25 heavy (non-hydrogen) atoms. The number of aromatic nitrogens is 2. The van der Waals surface area contributed by atoms with Gasteiger partial charge in [0.2, 0.25) is 0 Å². The molecule has 1 aromatic carbocycles. The van der Waals surface area contributed by atoms with Crippen LogP contribution in [0.15, 0.2) is 30.3 Å². The molecule has 6 heteroatoms. The number of carbonyl (C=O) groups excluding carboxylic acids is 2. The minimum atomic E-state index is -0.319. The summed E-state index contributed by atoms with van der Waals surface area (Å²) in [6.45, 7) is 3.27. The van der Waals surface area contributed by atoms with E-state index in [-0.39, 0.29) is 11.7 Å². The molecule has 2 N–H and O–H groups in total. The third-order valence-corrected chi connectivity index (χ3v) is 4.30. The lowest BCUT2D eigenvalue weighted by molar-refractivity contribution is 0.100. The van der Waals surface area contributed by atoms with Crippen molar-refractivity contribution >= 4 is 23.2 Å². The van der Waals surface area contributed by atoms with Crippen molar-refractivity contribution in [3.05, 3.63) is 47.4 Å². The van der Waals surface area contributed by atoms with E-state index in [4.69, 9.17) is 0 Å². The third kappa shape index (κ3) is 4.41. The van der Waals surface area contributed by atoms with Crippen molar-refractivity contribution in [2.75, 3.05) is 10.6 Å². The molecule has 1 saturated carbocycles. The Morgan fingerprint density at radius 2 is 1.88 bits per heavy atom. The topological polar surface area (TPSA) is 84.0 Å². The summed E-state index contributed by atoms with van der Waals surface area (Å²) in [6, 6.07) is 8.95. The minimum Gasteiger partial charge on any atom is -0.367 e. The van der Waals surface area contributed by atoms with Crippen LogP contribution in [0.5, 0.6) is 0 Å². The lowest BCUT2D eigenvalue weighted by atomic mass is 10.1. The highest BCUT2D eigenvalue weighted by Crippen LogP contribution is 2.22. The average Bonchev–Trinajstić information content (AvgIpc) is 3.07. The zero-order chi connectivity index (χ0) is 17.8. The molecular formula is C19H22N4O2. The molecule has 0 atom stereocenters. The standard InChI is InChI=1S/C19H22N4O2/c1-12(24)14-6-5-9-16(10-14)23-19(25)17-11-18(21-13(2)20-17)22-15-7-3-4-8-15/h5-6,9-11,15H,3-4,7-8H2,1-2H3,(H,23,25)(H,20,21,22). The van der Waals surface area contributed by atoms with Gasteiger partial charge in [0.15, 0.2) is 5.78 Å². The third-order valence-electron chi connectivity index (χ3n) is 4.30. The molecule has 6 nitrogen and oxygen atoms in total. The molecule has 130 valence electrons. The molecule has 3 rings (SSSR count). The van der Waals surface area contributed by atoms with E-state index in [1.54, 1.807) is 37.3 Å². The van der Waals surface area contributed by atoms with Crippen molar-refractivity contribution in [3.8, 4) is 0 Å². The van der Waals surface area contributed by atoms with Crippen LogP contribution in [0.2, 0.25) is 0 Å². The molecule has 1 aliphatic carbocycles. The van der Waals surface area contributed by atoms with Gasteiger partial charge in [-0.25, -0.2) is 9.97 Å². The van der Waals surface area contributed by atoms with E-state index in [0.717, 1.165) is 12.8 Å². The maximum absolute atomic E-state index is 12.5. The van der Waals surface area contributed by atoms with Gasteiger partial charge in [-0.1, -0.05) is 25.0 Å². The highest BCUT2D eigenvalue weighted by atomic mass is 16.2. The van der Waals surface area contributed by atoms with Crippen LogP contribution in [0.4, 0.5) is 11.5 Å². The van der Waals surface area contributed by atoms with Crippen molar-refractivity contribution in [2.45, 2.75) is 45.6 Å². The molecule has 0 spiro atoms. The van der Waals surface area contributed by atoms with Gasteiger partial charge in [0.25, 0.3) is 5.91 Å². The molecule has 2 aromatic rings. The van der Waals surface area contributed by atoms with E-state index in [2.05, 4.69) is 20.6 Å². The van der Waals surface area contributed by atoms with Gasteiger partial charge in [-0.3, -0.25) is 9.59 Å². The number of anilines is 2. The van der Waals surface area contributed by atoms with Crippen LogP contribution in [0.1, 0.15) is 59.3 Å². The molecular weight excluding hydrogens is 316 g/mol. The van der Waals surface area contributed by atoms with Crippen LogP contribution in [0.3, 0.4) is 0 Å². The number of rotatable bonds is 5. The maximum Gasteiger partial charge on any atom is 0.274 e. The quantitative estimate of drug-likeness (QED) is 0.814. The van der Waals surface area contributed by atoms with E-state index in [9.17, 15) is 9.59 Å². The van der Waals surface area contributed by atoms with E-state index < -0.39 is 0 Å². The first-order chi connectivity index (χ1) is 12.0. The highest BCUT2D eigenvalue weighted by Gasteiger charge is 2.17. The monoisotopic (exact) mass is 338 g/mol. The van der Waals surface area contributed by atoms with Crippen molar-refractivity contribution in [3.63, 3.8) is 0 Å². The smallest absolute Gasteiger partial charge is 0.274 e. The van der Waals surface area contributed by atoms with E-state index in [0.29, 0.717) is 34.6 Å². The largest absolute Gasteiger partial charge is 0.367 e. The SMILES string of the molecule is CC(=O)c1cccc(NC(=O)c2cc(NC3CCCC3)nc(C)n2)c1. The number of hydrogen-bond donors (Lipinski definition) is 2. The molecule has 1 aliphatic rings. The molecule has 0 aliphatic heterocycles. The zero-order valence-corrected chi connectivity index (χ0v) is 14.5. The van der Waals surface area contributed by atoms with Crippen LogP contribution in [0, 0.1) is 6.92 Å². The zero-order valence-electron chi connectivity index (χ0n) is 14.5. The number of amides is 1. The Hall–Kier alpha value is -2.76. The molecule has 0 radical (unpaired) electrons. The number of benzene rings is 1. The van der Waals surface area contributed by atoms with Gasteiger partial charge in [-0.05, 0) is 38.8 Å². The highest BCUT2D eigenvalue weighted by molar-refractivity contribution is 6.04.